The van der Waals surface area contributed by atoms with E-state index in [2.05, 4.69) is 0 Å². The Morgan fingerprint density at radius 3 is 2.32 bits per heavy atom. The molecule has 0 radical (unpaired) electrons. The molecule has 0 bridgehead atoms. The molecule has 2 aromatic rings. The van der Waals surface area contributed by atoms with Crippen molar-refractivity contribution in [2.45, 2.75) is 41.2 Å². The fourth-order valence-electron chi connectivity index (χ4n) is 2.94. The molecule has 3 rings (SSSR count). The molecule has 1 aliphatic rings. The molecule has 2 aromatic carbocycles. The highest BCUT2D eigenvalue weighted by atomic mass is 32.2. The lowest BCUT2D eigenvalue weighted by Gasteiger charge is -2.38. The molecule has 0 aliphatic carbocycles. The van der Waals surface area contributed by atoms with Crippen molar-refractivity contribution < 1.29 is 13.2 Å². The van der Waals surface area contributed by atoms with Gasteiger partial charge in [-0.2, -0.15) is 0 Å². The molecule has 1 fully saturated rings. The highest BCUT2D eigenvalue weighted by Gasteiger charge is 2.45. The number of carbonyl (C=O) groups excluding carboxylic acids is 1. The van der Waals surface area contributed by atoms with Crippen LogP contribution in [0.4, 0.5) is 0 Å². The molecule has 1 saturated heterocycles. The molecule has 132 valence electrons. The Bertz CT molecular complexity index is 863. The molecule has 1 heterocycles. The van der Waals surface area contributed by atoms with Crippen molar-refractivity contribution in [1.82, 2.24) is 4.31 Å². The summed E-state index contributed by atoms with van der Waals surface area (Å²) in [7, 11) is -3.82. The first kappa shape index (κ1) is 18.0. The lowest BCUT2D eigenvalue weighted by molar-refractivity contribution is -0.130. The van der Waals surface area contributed by atoms with Crippen LogP contribution in [0.5, 0.6) is 0 Å². The predicted molar refractivity (Wildman–Crippen MR) is 100 cm³/mol. The third kappa shape index (κ3) is 3.60. The third-order valence-corrected chi connectivity index (χ3v) is 7.52. The SMILES string of the molecule is Cc1ccc(S(=O)(=O)N2CCCC(C)(Sc3ccccc3)C2=O)cc1. The van der Waals surface area contributed by atoms with Gasteiger partial charge in [-0.25, -0.2) is 12.7 Å². The van der Waals surface area contributed by atoms with Gasteiger partial charge in [-0.15, -0.1) is 11.8 Å². The Morgan fingerprint density at radius 1 is 1.04 bits per heavy atom. The van der Waals surface area contributed by atoms with Crippen LogP contribution in [-0.2, 0) is 14.8 Å². The minimum atomic E-state index is -3.82. The second-order valence-electron chi connectivity index (χ2n) is 6.44. The number of rotatable bonds is 4. The van der Waals surface area contributed by atoms with Crippen LogP contribution in [0, 0.1) is 6.92 Å². The monoisotopic (exact) mass is 375 g/mol. The standard InChI is InChI=1S/C19H21NO3S2/c1-15-9-11-17(12-10-15)25(22,23)20-14-6-13-19(2,18(20)21)24-16-7-4-3-5-8-16/h3-5,7-12H,6,13-14H2,1-2H3. The van der Waals surface area contributed by atoms with Crippen LogP contribution < -0.4 is 0 Å². The molecule has 0 spiro atoms. The number of thioether (sulfide) groups is 1. The first-order valence-electron chi connectivity index (χ1n) is 8.21. The van der Waals surface area contributed by atoms with Gasteiger partial charge in [-0.05, 0) is 51.0 Å². The van der Waals surface area contributed by atoms with Crippen molar-refractivity contribution >= 4 is 27.7 Å². The smallest absolute Gasteiger partial charge is 0.266 e. The van der Waals surface area contributed by atoms with E-state index in [-0.39, 0.29) is 17.3 Å². The summed E-state index contributed by atoms with van der Waals surface area (Å²) >= 11 is 1.44. The zero-order chi connectivity index (χ0) is 18.1. The quantitative estimate of drug-likeness (QED) is 0.814. The van der Waals surface area contributed by atoms with Crippen molar-refractivity contribution in [2.24, 2.45) is 0 Å². The Hall–Kier alpha value is -1.79. The summed E-state index contributed by atoms with van der Waals surface area (Å²) in [6.45, 7) is 3.97. The number of carbonyl (C=O) groups is 1. The Labute approximate surface area is 153 Å². The Morgan fingerprint density at radius 2 is 1.68 bits per heavy atom. The van der Waals surface area contributed by atoms with Crippen molar-refractivity contribution in [2.75, 3.05) is 6.54 Å². The summed E-state index contributed by atoms with van der Waals surface area (Å²) in [6.07, 6.45) is 1.32. The van der Waals surface area contributed by atoms with E-state index >= 15 is 0 Å². The molecule has 25 heavy (non-hydrogen) atoms. The second-order valence-corrected chi connectivity index (χ2v) is 9.88. The number of hydrogen-bond donors (Lipinski definition) is 0. The predicted octanol–water partition coefficient (Wildman–Crippen LogP) is 3.86. The number of aryl methyl sites for hydroxylation is 1. The largest absolute Gasteiger partial charge is 0.272 e. The fraction of sp³-hybridized carbons (Fsp3) is 0.316. The maximum Gasteiger partial charge on any atom is 0.266 e. The van der Waals surface area contributed by atoms with Crippen molar-refractivity contribution in [3.05, 3.63) is 60.2 Å². The van der Waals surface area contributed by atoms with Gasteiger partial charge < -0.3 is 0 Å². The van der Waals surface area contributed by atoms with Crippen molar-refractivity contribution in [3.8, 4) is 0 Å². The van der Waals surface area contributed by atoms with E-state index in [4.69, 9.17) is 0 Å². The molecule has 4 nitrogen and oxygen atoms in total. The molecule has 0 N–H and O–H groups in total. The van der Waals surface area contributed by atoms with Gasteiger partial charge in [0.15, 0.2) is 0 Å². The van der Waals surface area contributed by atoms with Gasteiger partial charge in [-0.3, -0.25) is 4.79 Å². The van der Waals surface area contributed by atoms with Gasteiger partial charge in [0.05, 0.1) is 9.64 Å². The first-order chi connectivity index (χ1) is 11.8. The normalized spacial score (nSPS) is 21.4. The number of sulfonamides is 1. The molecule has 1 unspecified atom stereocenters. The van der Waals surface area contributed by atoms with Crippen LogP contribution >= 0.6 is 11.8 Å². The molecule has 1 aliphatic heterocycles. The summed E-state index contributed by atoms with van der Waals surface area (Å²) in [6, 6.07) is 16.3. The van der Waals surface area contributed by atoms with Gasteiger partial charge in [0.25, 0.3) is 15.9 Å². The van der Waals surface area contributed by atoms with Gasteiger partial charge in [-0.1, -0.05) is 35.9 Å². The van der Waals surface area contributed by atoms with Gasteiger partial charge in [0.2, 0.25) is 0 Å². The summed E-state index contributed by atoms with van der Waals surface area (Å²) in [4.78, 5) is 14.2. The Balaban J connectivity index is 1.90. The highest BCUT2D eigenvalue weighted by Crippen LogP contribution is 2.41. The van der Waals surface area contributed by atoms with Crippen LogP contribution in [0.1, 0.15) is 25.3 Å². The van der Waals surface area contributed by atoms with E-state index in [1.807, 2.05) is 44.2 Å². The first-order valence-corrected chi connectivity index (χ1v) is 10.5. The average molecular weight is 376 g/mol. The lowest BCUT2D eigenvalue weighted by atomic mass is 10.00. The Kier molecular flexibility index (Phi) is 4.93. The maximum atomic E-state index is 13.1. The second kappa shape index (κ2) is 6.84. The number of hydrogen-bond acceptors (Lipinski definition) is 4. The topological polar surface area (TPSA) is 54.5 Å². The van der Waals surface area contributed by atoms with Crippen molar-refractivity contribution in [3.63, 3.8) is 0 Å². The van der Waals surface area contributed by atoms with Crippen LogP contribution in [0.2, 0.25) is 0 Å². The molecule has 1 atom stereocenters. The summed E-state index contributed by atoms with van der Waals surface area (Å²) < 4.78 is 26.2. The minimum Gasteiger partial charge on any atom is -0.272 e. The summed E-state index contributed by atoms with van der Waals surface area (Å²) in [5.41, 5.74) is 0.980. The summed E-state index contributed by atoms with van der Waals surface area (Å²) in [5.74, 6) is -0.340. The zero-order valence-electron chi connectivity index (χ0n) is 14.3. The maximum absolute atomic E-state index is 13.1. The molecular formula is C19H21NO3S2. The van der Waals surface area contributed by atoms with Gasteiger partial charge in [0.1, 0.15) is 0 Å². The molecular weight excluding hydrogens is 354 g/mol. The highest BCUT2D eigenvalue weighted by molar-refractivity contribution is 8.01. The van der Waals surface area contributed by atoms with Crippen LogP contribution in [0.15, 0.2) is 64.4 Å². The minimum absolute atomic E-state index is 0.167. The van der Waals surface area contributed by atoms with Crippen LogP contribution in [-0.4, -0.2) is 29.9 Å². The average Bonchev–Trinajstić information content (AvgIpc) is 2.58. The molecule has 6 heteroatoms. The van der Waals surface area contributed by atoms with Gasteiger partial charge in [0, 0.05) is 11.4 Å². The van der Waals surface area contributed by atoms with E-state index in [9.17, 15) is 13.2 Å². The summed E-state index contributed by atoms with van der Waals surface area (Å²) in [5, 5.41) is 0. The number of piperidine rings is 1. The van der Waals surface area contributed by atoms with E-state index in [0.717, 1.165) is 14.8 Å². The zero-order valence-corrected chi connectivity index (χ0v) is 15.9. The van der Waals surface area contributed by atoms with Crippen molar-refractivity contribution in [1.29, 1.82) is 0 Å². The van der Waals surface area contributed by atoms with E-state index in [1.165, 1.54) is 11.8 Å². The van der Waals surface area contributed by atoms with E-state index in [0.29, 0.717) is 12.8 Å². The molecule has 0 saturated carbocycles. The fourth-order valence-corrected chi connectivity index (χ4v) is 5.78. The number of benzene rings is 2. The van der Waals surface area contributed by atoms with E-state index in [1.54, 1.807) is 24.3 Å². The molecule has 1 amide bonds. The molecule has 0 aromatic heterocycles. The van der Waals surface area contributed by atoms with Crippen LogP contribution in [0.25, 0.3) is 0 Å². The number of amides is 1. The third-order valence-electron chi connectivity index (χ3n) is 4.39. The van der Waals surface area contributed by atoms with E-state index < -0.39 is 14.8 Å². The van der Waals surface area contributed by atoms with Gasteiger partial charge >= 0.3 is 0 Å². The number of nitrogens with zero attached hydrogens (tertiary/aromatic N) is 1. The lowest BCUT2D eigenvalue weighted by Crippen LogP contribution is -2.52. The van der Waals surface area contributed by atoms with Crippen LogP contribution in [0.3, 0.4) is 0 Å².